The SMILES string of the molecule is O=C([O-])c1cccc2c1N[C@H](c1cccc3ccccc13)[C@H]1CC=C[C@@H]21. The van der Waals surface area contributed by atoms with Crippen LogP contribution in [0.4, 0.5) is 5.69 Å². The third-order valence-corrected chi connectivity index (χ3v) is 5.78. The lowest BCUT2D eigenvalue weighted by Gasteiger charge is -2.39. The fourth-order valence-corrected chi connectivity index (χ4v) is 4.62. The highest BCUT2D eigenvalue weighted by Crippen LogP contribution is 2.51. The zero-order valence-corrected chi connectivity index (χ0v) is 14.2. The van der Waals surface area contributed by atoms with Crippen LogP contribution in [0.2, 0.25) is 0 Å². The number of anilines is 1. The average Bonchev–Trinajstić information content (AvgIpc) is 3.16. The van der Waals surface area contributed by atoms with E-state index in [9.17, 15) is 9.90 Å². The molecule has 128 valence electrons. The molecular weight excluding hydrogens is 322 g/mol. The van der Waals surface area contributed by atoms with Gasteiger partial charge in [-0.2, -0.15) is 0 Å². The Hall–Kier alpha value is -3.07. The first-order valence-corrected chi connectivity index (χ1v) is 8.99. The molecule has 0 aromatic heterocycles. The van der Waals surface area contributed by atoms with Gasteiger partial charge in [0.1, 0.15) is 0 Å². The first-order chi connectivity index (χ1) is 12.7. The molecule has 0 fully saturated rings. The molecule has 2 aliphatic rings. The monoisotopic (exact) mass is 340 g/mol. The molecule has 1 aliphatic heterocycles. The summed E-state index contributed by atoms with van der Waals surface area (Å²) in [6, 6.07) is 20.2. The molecular formula is C23H18NO2-. The highest BCUT2D eigenvalue weighted by molar-refractivity contribution is 5.95. The van der Waals surface area contributed by atoms with Crippen LogP contribution in [0.3, 0.4) is 0 Å². The van der Waals surface area contributed by atoms with E-state index < -0.39 is 5.97 Å². The first-order valence-electron chi connectivity index (χ1n) is 8.99. The predicted molar refractivity (Wildman–Crippen MR) is 101 cm³/mol. The molecule has 3 atom stereocenters. The summed E-state index contributed by atoms with van der Waals surface area (Å²) in [5, 5.41) is 17.6. The van der Waals surface area contributed by atoms with Gasteiger partial charge >= 0.3 is 0 Å². The van der Waals surface area contributed by atoms with Gasteiger partial charge in [-0.15, -0.1) is 0 Å². The fourth-order valence-electron chi connectivity index (χ4n) is 4.62. The molecule has 1 N–H and O–H groups in total. The zero-order valence-electron chi connectivity index (χ0n) is 14.2. The quantitative estimate of drug-likeness (QED) is 0.717. The summed E-state index contributed by atoms with van der Waals surface area (Å²) in [5.74, 6) is -0.522. The third kappa shape index (κ3) is 2.17. The molecule has 0 radical (unpaired) electrons. The molecule has 3 aromatic rings. The van der Waals surface area contributed by atoms with Crippen molar-refractivity contribution < 1.29 is 9.90 Å². The normalized spacial score (nSPS) is 23.3. The Morgan fingerprint density at radius 1 is 0.962 bits per heavy atom. The zero-order chi connectivity index (χ0) is 17.7. The van der Waals surface area contributed by atoms with E-state index in [1.165, 1.54) is 16.3 Å². The largest absolute Gasteiger partial charge is 0.545 e. The molecule has 5 rings (SSSR count). The van der Waals surface area contributed by atoms with Gasteiger partial charge in [-0.1, -0.05) is 72.8 Å². The first kappa shape index (κ1) is 15.2. The Bertz CT molecular complexity index is 1050. The van der Waals surface area contributed by atoms with Gasteiger partial charge in [0, 0.05) is 17.2 Å². The van der Waals surface area contributed by atoms with Crippen LogP contribution in [0.15, 0.2) is 72.8 Å². The Morgan fingerprint density at radius 3 is 2.62 bits per heavy atom. The lowest BCUT2D eigenvalue weighted by molar-refractivity contribution is -0.254. The molecule has 1 heterocycles. The van der Waals surface area contributed by atoms with Crippen LogP contribution in [-0.2, 0) is 0 Å². The van der Waals surface area contributed by atoms with Crippen LogP contribution in [0.1, 0.15) is 39.9 Å². The molecule has 0 saturated heterocycles. The second-order valence-corrected chi connectivity index (χ2v) is 7.10. The van der Waals surface area contributed by atoms with Crippen molar-refractivity contribution in [3.05, 3.63) is 89.5 Å². The van der Waals surface area contributed by atoms with Crippen LogP contribution < -0.4 is 10.4 Å². The predicted octanol–water partition coefficient (Wildman–Crippen LogP) is 4.03. The topological polar surface area (TPSA) is 52.2 Å². The van der Waals surface area contributed by atoms with Gasteiger partial charge in [0.15, 0.2) is 0 Å². The number of carboxylic acids is 1. The highest BCUT2D eigenvalue weighted by atomic mass is 16.4. The summed E-state index contributed by atoms with van der Waals surface area (Å²) >= 11 is 0. The van der Waals surface area contributed by atoms with Crippen LogP contribution in [0, 0.1) is 5.92 Å². The number of carbonyl (C=O) groups excluding carboxylic acids is 1. The summed E-state index contributed by atoms with van der Waals surface area (Å²) in [4.78, 5) is 11.7. The van der Waals surface area contributed by atoms with Crippen molar-refractivity contribution in [1.29, 1.82) is 0 Å². The van der Waals surface area contributed by atoms with Crippen LogP contribution in [-0.4, -0.2) is 5.97 Å². The maximum Gasteiger partial charge on any atom is 0.0736 e. The number of carbonyl (C=O) groups is 1. The van der Waals surface area contributed by atoms with E-state index in [4.69, 9.17) is 0 Å². The number of hydrogen-bond donors (Lipinski definition) is 1. The lowest BCUT2D eigenvalue weighted by Crippen LogP contribution is -2.32. The minimum atomic E-state index is -1.13. The second kappa shape index (κ2) is 5.73. The van der Waals surface area contributed by atoms with Crippen molar-refractivity contribution in [2.24, 2.45) is 5.92 Å². The van der Waals surface area contributed by atoms with Gasteiger partial charge in [-0.3, -0.25) is 0 Å². The van der Waals surface area contributed by atoms with E-state index in [1.807, 2.05) is 18.2 Å². The van der Waals surface area contributed by atoms with E-state index in [-0.39, 0.29) is 17.5 Å². The third-order valence-electron chi connectivity index (χ3n) is 5.78. The Kier molecular flexibility index (Phi) is 3.35. The number of nitrogens with one attached hydrogen (secondary N) is 1. The smallest absolute Gasteiger partial charge is 0.0736 e. The minimum Gasteiger partial charge on any atom is -0.545 e. The number of aromatic carboxylic acids is 1. The average molecular weight is 340 g/mol. The van der Waals surface area contributed by atoms with Crippen LogP contribution in [0.25, 0.3) is 10.8 Å². The maximum atomic E-state index is 11.7. The number of allylic oxidation sites excluding steroid dienone is 2. The van der Waals surface area contributed by atoms with Gasteiger partial charge in [0.2, 0.25) is 0 Å². The Morgan fingerprint density at radius 2 is 1.73 bits per heavy atom. The summed E-state index contributed by atoms with van der Waals surface area (Å²) in [7, 11) is 0. The molecule has 0 bridgehead atoms. The fraction of sp³-hybridized carbons (Fsp3) is 0.174. The highest BCUT2D eigenvalue weighted by Gasteiger charge is 2.39. The molecule has 0 unspecified atom stereocenters. The molecule has 3 nitrogen and oxygen atoms in total. The standard InChI is InChI=1S/C23H19NO2/c25-23(26)20-13-5-12-19-16-9-4-11-18(16)21(24-22(19)20)17-10-3-7-14-6-1-2-8-15(14)17/h1-10,12-13,16,18,21,24H,11H2,(H,25,26)/p-1/t16-,18+,21-/m1/s1. The second-order valence-electron chi connectivity index (χ2n) is 7.10. The Balaban J connectivity index is 1.71. The van der Waals surface area contributed by atoms with Gasteiger partial charge < -0.3 is 15.2 Å². The molecule has 26 heavy (non-hydrogen) atoms. The van der Waals surface area contributed by atoms with Crippen molar-refractivity contribution in [2.75, 3.05) is 5.32 Å². The van der Waals surface area contributed by atoms with Crippen molar-refractivity contribution in [3.8, 4) is 0 Å². The van der Waals surface area contributed by atoms with Gasteiger partial charge in [0.25, 0.3) is 0 Å². The lowest BCUT2D eigenvalue weighted by atomic mass is 9.75. The van der Waals surface area contributed by atoms with Crippen molar-refractivity contribution in [2.45, 2.75) is 18.4 Å². The van der Waals surface area contributed by atoms with Gasteiger partial charge in [-0.25, -0.2) is 0 Å². The molecule has 0 amide bonds. The number of para-hydroxylation sites is 1. The summed E-state index contributed by atoms with van der Waals surface area (Å²) < 4.78 is 0. The molecule has 0 saturated carbocycles. The molecule has 3 aromatic carbocycles. The number of rotatable bonds is 2. The van der Waals surface area contributed by atoms with Gasteiger partial charge in [-0.05, 0) is 34.2 Å². The van der Waals surface area contributed by atoms with Crippen molar-refractivity contribution in [1.82, 2.24) is 0 Å². The summed E-state index contributed by atoms with van der Waals surface area (Å²) in [6.07, 6.45) is 5.43. The summed E-state index contributed by atoms with van der Waals surface area (Å²) in [5.41, 5.74) is 3.23. The number of carboxylic acid groups (broad SMARTS) is 1. The minimum absolute atomic E-state index is 0.0640. The molecule has 0 spiro atoms. The van der Waals surface area contributed by atoms with Crippen LogP contribution in [0.5, 0.6) is 0 Å². The van der Waals surface area contributed by atoms with Crippen molar-refractivity contribution >= 4 is 22.4 Å². The van der Waals surface area contributed by atoms with E-state index in [0.29, 0.717) is 11.6 Å². The van der Waals surface area contributed by atoms with E-state index in [2.05, 4.69) is 53.9 Å². The van der Waals surface area contributed by atoms with E-state index in [1.54, 1.807) is 6.07 Å². The van der Waals surface area contributed by atoms with Crippen molar-refractivity contribution in [3.63, 3.8) is 0 Å². The van der Waals surface area contributed by atoms with Crippen LogP contribution >= 0.6 is 0 Å². The Labute approximate surface area is 152 Å². The number of benzene rings is 3. The number of fused-ring (bicyclic) bond motifs is 4. The summed E-state index contributed by atoms with van der Waals surface area (Å²) in [6.45, 7) is 0. The molecule has 1 aliphatic carbocycles. The molecule has 3 heteroatoms. The maximum absolute atomic E-state index is 11.7. The van der Waals surface area contributed by atoms with E-state index >= 15 is 0 Å². The number of hydrogen-bond acceptors (Lipinski definition) is 3. The van der Waals surface area contributed by atoms with Gasteiger partial charge in [0.05, 0.1) is 12.0 Å². The van der Waals surface area contributed by atoms with E-state index in [0.717, 1.165) is 12.0 Å².